The average molecular weight is 754 g/mol. The molecule has 0 fully saturated rings. The normalized spacial score (nSPS) is 20.7. The summed E-state index contributed by atoms with van der Waals surface area (Å²) in [5.41, 5.74) is 13.2. The number of hydrogen-bond donors (Lipinski definition) is 0. The van der Waals surface area contributed by atoms with Gasteiger partial charge in [-0.1, -0.05) is 195 Å². The molecule has 3 atom stereocenters. The summed E-state index contributed by atoms with van der Waals surface area (Å²) in [5, 5.41) is 0. The molecule has 0 amide bonds. The minimum absolute atomic E-state index is 0.0158. The fourth-order valence-electron chi connectivity index (χ4n) is 9.69. The van der Waals surface area contributed by atoms with Crippen LogP contribution in [0.1, 0.15) is 86.8 Å². The predicted octanol–water partition coefficient (Wildman–Crippen LogP) is 13.8. The van der Waals surface area contributed by atoms with E-state index in [1.165, 1.54) is 16.7 Å². The summed E-state index contributed by atoms with van der Waals surface area (Å²) >= 11 is 0. The molecule has 5 aromatic carbocycles. The largest absolute Gasteiger partial charge is 0.358 e. The van der Waals surface area contributed by atoms with Crippen LogP contribution < -0.4 is 0 Å². The maximum absolute atomic E-state index is 10.1. The van der Waals surface area contributed by atoms with E-state index < -0.39 is 23.9 Å². The Hall–Kier alpha value is -6.44. The number of fused-ring (bicyclic) bond motifs is 4. The molecule has 0 spiro atoms. The van der Waals surface area contributed by atoms with Crippen LogP contribution in [-0.2, 0) is 18.3 Å². The third-order valence-corrected chi connectivity index (χ3v) is 12.3. The Bertz CT molecular complexity index is 2730. The smallest absolute Gasteiger partial charge is 0.0671 e. The maximum atomic E-state index is 10.1. The Balaban J connectivity index is 1.22. The van der Waals surface area contributed by atoms with Gasteiger partial charge in [0.2, 0.25) is 0 Å². The standard InChI is InChI=1S/C57H51N/c1-4-21-51(42-22-9-6-10-23-42)41(3)58(50-36-34-43(35-37-50)55-39-44-24-15-17-30-52(44)53-31-18-19-32-54(53)55)49(5-2)40-48-38-45-25-16-20-33-56(45)57(48,46-26-11-7-12-27-46)47-28-13-8-14-29-47/h4-16,19-29,32-36,38-39,49-50H,1-3,17-18,30-31,37,40H2/b51-21+/i34D,35D,36D,37D. The fourth-order valence-corrected chi connectivity index (χ4v) is 9.69. The molecular formula is C57H51N. The molecule has 3 unspecified atom stereocenters. The van der Waals surface area contributed by atoms with Gasteiger partial charge in [0.15, 0.2) is 0 Å². The Morgan fingerprint density at radius 1 is 0.810 bits per heavy atom. The first-order valence-electron chi connectivity index (χ1n) is 22.6. The van der Waals surface area contributed by atoms with Crippen LogP contribution in [0.25, 0.3) is 29.4 Å². The summed E-state index contributed by atoms with van der Waals surface area (Å²) < 4.78 is 39.7. The lowest BCUT2D eigenvalue weighted by Gasteiger charge is -2.43. The molecule has 1 heteroatoms. The monoisotopic (exact) mass is 753 g/mol. The molecule has 4 aliphatic carbocycles. The first kappa shape index (κ1) is 32.6. The fraction of sp³-hybridized carbons (Fsp3) is 0.158. The van der Waals surface area contributed by atoms with E-state index in [9.17, 15) is 5.48 Å². The molecule has 284 valence electrons. The van der Waals surface area contributed by atoms with Crippen molar-refractivity contribution < 1.29 is 5.48 Å². The second-order valence-electron chi connectivity index (χ2n) is 15.4. The molecule has 0 N–H and O–H groups in total. The van der Waals surface area contributed by atoms with Crippen molar-refractivity contribution in [3.63, 3.8) is 0 Å². The zero-order valence-corrected chi connectivity index (χ0v) is 33.0. The first-order valence-corrected chi connectivity index (χ1v) is 20.5. The van der Waals surface area contributed by atoms with E-state index in [1.54, 1.807) is 6.08 Å². The van der Waals surface area contributed by atoms with Crippen LogP contribution in [0.5, 0.6) is 0 Å². The highest BCUT2D eigenvalue weighted by Gasteiger charge is 2.45. The van der Waals surface area contributed by atoms with Crippen LogP contribution in [-0.4, -0.2) is 17.0 Å². The highest BCUT2D eigenvalue weighted by atomic mass is 15.2. The number of nitrogens with zero attached hydrogens (tertiary/aromatic N) is 1. The molecule has 0 saturated heterocycles. The maximum Gasteiger partial charge on any atom is 0.0671 e. The van der Waals surface area contributed by atoms with E-state index in [4.69, 9.17) is 6.58 Å². The van der Waals surface area contributed by atoms with Gasteiger partial charge in [-0.2, -0.15) is 0 Å². The van der Waals surface area contributed by atoms with Gasteiger partial charge >= 0.3 is 0 Å². The Morgan fingerprint density at radius 3 is 2.17 bits per heavy atom. The molecule has 5 aromatic rings. The zero-order valence-electron chi connectivity index (χ0n) is 37.0. The molecule has 1 nitrogen and oxygen atoms in total. The van der Waals surface area contributed by atoms with Gasteiger partial charge in [-0.3, -0.25) is 0 Å². The van der Waals surface area contributed by atoms with Crippen LogP contribution in [0, 0.1) is 0 Å². The molecule has 0 radical (unpaired) electrons. The van der Waals surface area contributed by atoms with E-state index in [2.05, 4.69) is 122 Å². The second-order valence-corrected chi connectivity index (χ2v) is 15.4. The van der Waals surface area contributed by atoms with Crippen molar-refractivity contribution in [3.8, 4) is 0 Å². The molecule has 0 heterocycles. The number of hydrogen-bond acceptors (Lipinski definition) is 1. The number of benzene rings is 5. The Morgan fingerprint density at radius 2 is 1.47 bits per heavy atom. The van der Waals surface area contributed by atoms with Crippen molar-refractivity contribution in [2.24, 2.45) is 0 Å². The van der Waals surface area contributed by atoms with Gasteiger partial charge in [0.05, 0.1) is 21.6 Å². The predicted molar refractivity (Wildman–Crippen MR) is 248 cm³/mol. The van der Waals surface area contributed by atoms with Crippen molar-refractivity contribution >= 4 is 29.4 Å². The van der Waals surface area contributed by atoms with E-state index in [0.29, 0.717) is 17.7 Å². The summed E-state index contributed by atoms with van der Waals surface area (Å²) in [5.74, 6) is 0. The van der Waals surface area contributed by atoms with E-state index in [-0.39, 0.29) is 18.2 Å². The SMILES string of the molecule is [2H]C1=C([2H])C(N(C(=C)/C(=C\C=C)c2ccccc2)C(C=C)CC2=Cc3ccccc3C2(c2ccccc2)c2ccccc2)C([2H])C([2H])=C1c1cc2c(c3c1C=CCC3)CCC=C2. The summed E-state index contributed by atoms with van der Waals surface area (Å²) in [4.78, 5) is 2.02. The van der Waals surface area contributed by atoms with E-state index >= 15 is 0 Å². The second kappa shape index (κ2) is 16.2. The van der Waals surface area contributed by atoms with Crippen molar-refractivity contribution in [2.45, 2.75) is 56.0 Å². The van der Waals surface area contributed by atoms with Crippen molar-refractivity contribution in [1.29, 1.82) is 0 Å². The summed E-state index contributed by atoms with van der Waals surface area (Å²) in [6.45, 7) is 13.3. The molecule has 9 rings (SSSR count). The molecule has 58 heavy (non-hydrogen) atoms. The van der Waals surface area contributed by atoms with Crippen molar-refractivity contribution in [2.75, 3.05) is 0 Å². The Labute approximate surface area is 351 Å². The van der Waals surface area contributed by atoms with Gasteiger partial charge in [-0.15, -0.1) is 6.58 Å². The number of allylic oxidation sites excluding steroid dienone is 7. The summed E-state index contributed by atoms with van der Waals surface area (Å²) in [7, 11) is 0. The van der Waals surface area contributed by atoms with E-state index in [1.807, 2.05) is 59.5 Å². The molecule has 0 saturated carbocycles. The molecular weight excluding hydrogens is 699 g/mol. The van der Waals surface area contributed by atoms with E-state index in [0.717, 1.165) is 75.8 Å². The lowest BCUT2D eigenvalue weighted by Crippen LogP contribution is -2.43. The van der Waals surface area contributed by atoms with Crippen LogP contribution in [0.4, 0.5) is 0 Å². The zero-order chi connectivity index (χ0) is 43.0. The van der Waals surface area contributed by atoms with Gasteiger partial charge < -0.3 is 4.90 Å². The topological polar surface area (TPSA) is 3.24 Å². The van der Waals surface area contributed by atoms with Gasteiger partial charge in [0.25, 0.3) is 0 Å². The van der Waals surface area contributed by atoms with Crippen LogP contribution >= 0.6 is 0 Å². The summed E-state index contributed by atoms with van der Waals surface area (Å²) in [6.07, 6.45) is 19.5. The lowest BCUT2D eigenvalue weighted by atomic mass is 9.65. The van der Waals surface area contributed by atoms with Gasteiger partial charge in [-0.25, -0.2) is 0 Å². The van der Waals surface area contributed by atoms with Crippen LogP contribution in [0.2, 0.25) is 0 Å². The van der Waals surface area contributed by atoms with Crippen LogP contribution in [0.3, 0.4) is 0 Å². The quantitative estimate of drug-likeness (QED) is 0.0906. The van der Waals surface area contributed by atoms with Crippen molar-refractivity contribution in [3.05, 3.63) is 257 Å². The van der Waals surface area contributed by atoms with Gasteiger partial charge in [0, 0.05) is 12.6 Å². The lowest BCUT2D eigenvalue weighted by molar-refractivity contribution is 0.253. The highest BCUT2D eigenvalue weighted by molar-refractivity contribution is 5.86. The average Bonchev–Trinajstić information content (AvgIpc) is 3.66. The Kier molecular flexibility index (Phi) is 9.11. The number of rotatable bonds is 12. The van der Waals surface area contributed by atoms with Crippen LogP contribution in [0.15, 0.2) is 201 Å². The highest BCUT2D eigenvalue weighted by Crippen LogP contribution is 2.53. The van der Waals surface area contributed by atoms with Gasteiger partial charge in [-0.05, 0) is 111 Å². The van der Waals surface area contributed by atoms with Crippen molar-refractivity contribution in [1.82, 2.24) is 4.90 Å². The summed E-state index contributed by atoms with van der Waals surface area (Å²) in [6, 6.07) is 40.3. The minimum atomic E-state index is -1.22. The van der Waals surface area contributed by atoms with Gasteiger partial charge in [0.1, 0.15) is 0 Å². The first-order chi connectivity index (χ1) is 30.3. The third kappa shape index (κ3) is 6.55. The molecule has 0 aliphatic heterocycles. The molecule has 0 bridgehead atoms. The molecule has 0 aromatic heterocycles. The molecule has 4 aliphatic rings. The third-order valence-electron chi connectivity index (χ3n) is 12.3. The minimum Gasteiger partial charge on any atom is -0.358 e.